The number of thioether (sulfide) groups is 1. The first kappa shape index (κ1) is 14.0. The molecule has 14 heavy (non-hydrogen) atoms. The van der Waals surface area contributed by atoms with Crippen molar-refractivity contribution in [1.82, 2.24) is 0 Å². The van der Waals surface area contributed by atoms with E-state index in [-0.39, 0.29) is 17.3 Å². The maximum Gasteiger partial charge on any atom is 0.150 e. The molecular formula is C9H18O3S2. The van der Waals surface area contributed by atoms with Gasteiger partial charge in [-0.3, -0.25) is 4.79 Å². The SMILES string of the molecule is CCSCC(=O)CCCS(=O)(=O)CC. The summed E-state index contributed by atoms with van der Waals surface area (Å²) in [5.74, 6) is 1.92. The molecule has 0 radical (unpaired) electrons. The lowest BCUT2D eigenvalue weighted by Gasteiger charge is -2.00. The van der Waals surface area contributed by atoms with Crippen molar-refractivity contribution < 1.29 is 13.2 Å². The highest BCUT2D eigenvalue weighted by atomic mass is 32.2. The van der Waals surface area contributed by atoms with Gasteiger partial charge in [-0.2, -0.15) is 11.8 Å². The molecule has 0 aromatic rings. The standard InChI is InChI=1S/C9H18O3S2/c1-3-13-8-9(10)6-5-7-14(11,12)4-2/h3-8H2,1-2H3. The molecule has 0 fully saturated rings. The molecule has 0 heterocycles. The molecular weight excluding hydrogens is 220 g/mol. The van der Waals surface area contributed by atoms with E-state index in [0.29, 0.717) is 18.6 Å². The molecule has 0 N–H and O–H groups in total. The molecule has 0 atom stereocenters. The van der Waals surface area contributed by atoms with Crippen LogP contribution in [0.1, 0.15) is 26.7 Å². The van der Waals surface area contributed by atoms with Crippen molar-refractivity contribution in [2.24, 2.45) is 0 Å². The van der Waals surface area contributed by atoms with Crippen LogP contribution in [0.5, 0.6) is 0 Å². The monoisotopic (exact) mass is 238 g/mol. The van der Waals surface area contributed by atoms with Crippen LogP contribution in [0, 0.1) is 0 Å². The summed E-state index contributed by atoms with van der Waals surface area (Å²) in [4.78, 5) is 11.2. The summed E-state index contributed by atoms with van der Waals surface area (Å²) in [5, 5.41) is 0. The van der Waals surface area contributed by atoms with E-state index in [1.54, 1.807) is 18.7 Å². The molecule has 0 rings (SSSR count). The molecule has 0 amide bonds. The van der Waals surface area contributed by atoms with Gasteiger partial charge in [0, 0.05) is 12.2 Å². The molecule has 0 saturated carbocycles. The van der Waals surface area contributed by atoms with Gasteiger partial charge in [-0.25, -0.2) is 8.42 Å². The van der Waals surface area contributed by atoms with Gasteiger partial charge in [0.15, 0.2) is 0 Å². The molecule has 84 valence electrons. The van der Waals surface area contributed by atoms with E-state index in [4.69, 9.17) is 0 Å². The number of rotatable bonds is 8. The number of hydrogen-bond donors (Lipinski definition) is 0. The zero-order valence-electron chi connectivity index (χ0n) is 8.78. The molecule has 0 bridgehead atoms. The van der Waals surface area contributed by atoms with Crippen molar-refractivity contribution in [3.8, 4) is 0 Å². The topological polar surface area (TPSA) is 51.2 Å². The minimum Gasteiger partial charge on any atom is -0.299 e. The van der Waals surface area contributed by atoms with Gasteiger partial charge in [0.05, 0.1) is 11.5 Å². The van der Waals surface area contributed by atoms with Crippen LogP contribution < -0.4 is 0 Å². The lowest BCUT2D eigenvalue weighted by molar-refractivity contribution is -0.116. The van der Waals surface area contributed by atoms with E-state index >= 15 is 0 Å². The van der Waals surface area contributed by atoms with Gasteiger partial charge >= 0.3 is 0 Å². The first-order valence-corrected chi connectivity index (χ1v) is 7.79. The Bertz CT molecular complexity index is 257. The zero-order valence-corrected chi connectivity index (χ0v) is 10.4. The summed E-state index contributed by atoms with van der Waals surface area (Å²) in [5.41, 5.74) is 0. The largest absolute Gasteiger partial charge is 0.299 e. The van der Waals surface area contributed by atoms with E-state index in [1.165, 1.54) is 0 Å². The summed E-state index contributed by atoms with van der Waals surface area (Å²) in [6.07, 6.45) is 0.867. The number of ketones is 1. The fraction of sp³-hybridized carbons (Fsp3) is 0.889. The first-order valence-electron chi connectivity index (χ1n) is 4.81. The summed E-state index contributed by atoms with van der Waals surface area (Å²) in [7, 11) is -2.89. The number of carbonyl (C=O) groups is 1. The van der Waals surface area contributed by atoms with Crippen LogP contribution in [0.15, 0.2) is 0 Å². The highest BCUT2D eigenvalue weighted by Gasteiger charge is 2.08. The Balaban J connectivity index is 3.59. The van der Waals surface area contributed by atoms with E-state index in [2.05, 4.69) is 0 Å². The second kappa shape index (κ2) is 7.29. The number of sulfone groups is 1. The van der Waals surface area contributed by atoms with Crippen molar-refractivity contribution in [2.45, 2.75) is 26.7 Å². The fourth-order valence-electron chi connectivity index (χ4n) is 0.922. The molecule has 0 spiro atoms. The maximum absolute atomic E-state index is 11.2. The third-order valence-electron chi connectivity index (χ3n) is 1.82. The summed E-state index contributed by atoms with van der Waals surface area (Å²) < 4.78 is 22.2. The Kier molecular flexibility index (Phi) is 7.27. The minimum absolute atomic E-state index is 0.145. The quantitative estimate of drug-likeness (QED) is 0.643. The van der Waals surface area contributed by atoms with Crippen molar-refractivity contribution in [3.05, 3.63) is 0 Å². The highest BCUT2D eigenvalue weighted by Crippen LogP contribution is 2.04. The van der Waals surface area contributed by atoms with Gasteiger partial charge in [-0.15, -0.1) is 0 Å². The van der Waals surface area contributed by atoms with Gasteiger partial charge in [-0.05, 0) is 12.2 Å². The Morgan fingerprint density at radius 3 is 2.43 bits per heavy atom. The van der Waals surface area contributed by atoms with Crippen LogP contribution in [0.25, 0.3) is 0 Å². The summed E-state index contributed by atoms with van der Waals surface area (Å²) >= 11 is 1.58. The first-order chi connectivity index (χ1) is 6.52. The second-order valence-corrected chi connectivity index (χ2v) is 6.76. The molecule has 0 aliphatic heterocycles. The lowest BCUT2D eigenvalue weighted by Crippen LogP contribution is -2.11. The molecule has 5 heteroatoms. The smallest absolute Gasteiger partial charge is 0.150 e. The van der Waals surface area contributed by atoms with E-state index in [9.17, 15) is 13.2 Å². The number of hydrogen-bond acceptors (Lipinski definition) is 4. The maximum atomic E-state index is 11.2. The Labute approximate surface area is 90.6 Å². The van der Waals surface area contributed by atoms with Crippen molar-refractivity contribution in [3.63, 3.8) is 0 Å². The van der Waals surface area contributed by atoms with Gasteiger partial charge in [0.2, 0.25) is 0 Å². The van der Waals surface area contributed by atoms with Gasteiger partial charge in [0.25, 0.3) is 0 Å². The number of Topliss-reactive ketones (excluding diaryl/α,β-unsaturated/α-hetero) is 1. The highest BCUT2D eigenvalue weighted by molar-refractivity contribution is 7.99. The van der Waals surface area contributed by atoms with Crippen LogP contribution in [0.4, 0.5) is 0 Å². The predicted octanol–water partition coefficient (Wildman–Crippen LogP) is 1.52. The second-order valence-electron chi connectivity index (χ2n) is 3.02. The van der Waals surface area contributed by atoms with Crippen LogP contribution in [0.3, 0.4) is 0 Å². The normalized spacial score (nSPS) is 11.6. The summed E-state index contributed by atoms with van der Waals surface area (Å²) in [6.45, 7) is 3.63. The third kappa shape index (κ3) is 7.38. The molecule has 0 aromatic heterocycles. The average molecular weight is 238 g/mol. The third-order valence-corrected chi connectivity index (χ3v) is 4.54. The molecule has 0 aromatic carbocycles. The molecule has 3 nitrogen and oxygen atoms in total. The Hall–Kier alpha value is -0.0300. The van der Waals surface area contributed by atoms with Crippen LogP contribution in [-0.4, -0.2) is 37.2 Å². The average Bonchev–Trinajstić information content (AvgIpc) is 2.14. The van der Waals surface area contributed by atoms with E-state index in [1.807, 2.05) is 6.92 Å². The van der Waals surface area contributed by atoms with Crippen molar-refractivity contribution in [1.29, 1.82) is 0 Å². The van der Waals surface area contributed by atoms with Crippen LogP contribution in [-0.2, 0) is 14.6 Å². The van der Waals surface area contributed by atoms with Gasteiger partial charge < -0.3 is 0 Å². The molecule has 0 aliphatic rings. The number of carbonyl (C=O) groups excluding carboxylic acids is 1. The van der Waals surface area contributed by atoms with Crippen LogP contribution >= 0.6 is 11.8 Å². The fourth-order valence-corrected chi connectivity index (χ4v) is 2.37. The van der Waals surface area contributed by atoms with Gasteiger partial charge in [0.1, 0.15) is 15.6 Å². The predicted molar refractivity (Wildman–Crippen MR) is 61.6 cm³/mol. The Morgan fingerprint density at radius 1 is 1.29 bits per heavy atom. The lowest BCUT2D eigenvalue weighted by atomic mass is 10.2. The zero-order chi connectivity index (χ0) is 11.0. The van der Waals surface area contributed by atoms with Crippen molar-refractivity contribution in [2.75, 3.05) is 23.0 Å². The minimum atomic E-state index is -2.89. The van der Waals surface area contributed by atoms with Crippen LogP contribution in [0.2, 0.25) is 0 Å². The molecule has 0 unspecified atom stereocenters. The molecule has 0 saturated heterocycles. The summed E-state index contributed by atoms with van der Waals surface area (Å²) in [6, 6.07) is 0. The Morgan fingerprint density at radius 2 is 1.93 bits per heavy atom. The van der Waals surface area contributed by atoms with Crippen molar-refractivity contribution >= 4 is 27.4 Å². The van der Waals surface area contributed by atoms with Gasteiger partial charge in [-0.1, -0.05) is 13.8 Å². The molecule has 0 aliphatic carbocycles. The van der Waals surface area contributed by atoms with E-state index < -0.39 is 9.84 Å². The van der Waals surface area contributed by atoms with E-state index in [0.717, 1.165) is 5.75 Å².